The van der Waals surface area contributed by atoms with Crippen LogP contribution >= 0.6 is 0 Å². The summed E-state index contributed by atoms with van der Waals surface area (Å²) in [5, 5.41) is 2.97. The van der Waals surface area contributed by atoms with Crippen molar-refractivity contribution in [1.29, 1.82) is 0 Å². The summed E-state index contributed by atoms with van der Waals surface area (Å²) in [5.74, 6) is 0.529. The van der Waals surface area contributed by atoms with E-state index in [2.05, 4.69) is 23.3 Å². The van der Waals surface area contributed by atoms with E-state index in [1.165, 1.54) is 16.7 Å². The quantitative estimate of drug-likeness (QED) is 0.833. The van der Waals surface area contributed by atoms with Crippen LogP contribution in [-0.2, 0) is 11.3 Å². The Labute approximate surface area is 159 Å². The molecule has 0 radical (unpaired) electrons. The zero-order valence-corrected chi connectivity index (χ0v) is 16.0. The normalized spacial score (nSPS) is 25.3. The highest BCUT2D eigenvalue weighted by molar-refractivity contribution is 6.07. The summed E-state index contributed by atoms with van der Waals surface area (Å²) in [7, 11) is 0. The molecule has 0 bridgehead atoms. The van der Waals surface area contributed by atoms with E-state index in [-0.39, 0.29) is 24.4 Å². The highest BCUT2D eigenvalue weighted by atomic mass is 16.3. The molecule has 6 nitrogen and oxygen atoms in total. The van der Waals surface area contributed by atoms with Crippen LogP contribution in [0.5, 0.6) is 0 Å². The van der Waals surface area contributed by atoms with Crippen molar-refractivity contribution in [2.24, 2.45) is 5.92 Å². The molecule has 2 heterocycles. The molecule has 1 aliphatic heterocycles. The molecule has 2 atom stereocenters. The third kappa shape index (κ3) is 2.93. The Balaban J connectivity index is 1.55. The third-order valence-electron chi connectivity index (χ3n) is 5.99. The van der Waals surface area contributed by atoms with E-state index in [0.29, 0.717) is 18.0 Å². The molecule has 1 aliphatic carbocycles. The molecule has 1 spiro atoms. The summed E-state index contributed by atoms with van der Waals surface area (Å²) in [4.78, 5) is 31.4. The summed E-state index contributed by atoms with van der Waals surface area (Å²) >= 11 is 0. The van der Waals surface area contributed by atoms with Gasteiger partial charge >= 0.3 is 6.03 Å². The van der Waals surface area contributed by atoms with Crippen molar-refractivity contribution in [3.63, 3.8) is 0 Å². The van der Waals surface area contributed by atoms with Crippen LogP contribution in [-0.4, -0.2) is 27.4 Å². The number of amides is 3. The summed E-state index contributed by atoms with van der Waals surface area (Å²) < 4.78 is 5.63. The predicted octanol–water partition coefficient (Wildman–Crippen LogP) is 3.96. The molecule has 2 aliphatic rings. The number of carbonyl (C=O) groups is 2. The van der Waals surface area contributed by atoms with Gasteiger partial charge in [-0.1, -0.05) is 37.5 Å². The lowest BCUT2D eigenvalue weighted by Gasteiger charge is -2.36. The molecular weight excluding hydrogens is 342 g/mol. The lowest BCUT2D eigenvalue weighted by atomic mass is 9.73. The standard InChI is InChI=1S/C21H25N3O3/c1-13-7-8-17(14(2)10-13)18-22-16(12-27-18)11-24-19(25)21(23-20(24)26)9-5-4-6-15(21)3/h7-8,10,12,15H,4-6,9,11H2,1-3H3,(H,23,26). The Morgan fingerprint density at radius 3 is 2.85 bits per heavy atom. The van der Waals surface area contributed by atoms with Crippen LogP contribution in [0.2, 0.25) is 0 Å². The maximum atomic E-state index is 13.1. The third-order valence-corrected chi connectivity index (χ3v) is 5.99. The Kier molecular flexibility index (Phi) is 4.29. The van der Waals surface area contributed by atoms with Crippen molar-refractivity contribution in [3.8, 4) is 11.5 Å². The van der Waals surface area contributed by atoms with E-state index < -0.39 is 5.54 Å². The van der Waals surface area contributed by atoms with E-state index in [0.717, 1.165) is 30.4 Å². The predicted molar refractivity (Wildman–Crippen MR) is 101 cm³/mol. The van der Waals surface area contributed by atoms with E-state index in [1.807, 2.05) is 26.0 Å². The maximum absolute atomic E-state index is 13.1. The number of imide groups is 1. The fourth-order valence-electron chi connectivity index (χ4n) is 4.36. The summed E-state index contributed by atoms with van der Waals surface area (Å²) in [6.07, 6.45) is 5.27. The van der Waals surface area contributed by atoms with E-state index >= 15 is 0 Å². The minimum Gasteiger partial charge on any atom is -0.444 e. The highest BCUT2D eigenvalue weighted by Crippen LogP contribution is 2.38. The van der Waals surface area contributed by atoms with Gasteiger partial charge in [0.2, 0.25) is 5.89 Å². The molecule has 1 aromatic heterocycles. The van der Waals surface area contributed by atoms with Gasteiger partial charge in [-0.15, -0.1) is 0 Å². The fourth-order valence-corrected chi connectivity index (χ4v) is 4.36. The molecule has 4 rings (SSSR count). The average molecular weight is 367 g/mol. The smallest absolute Gasteiger partial charge is 0.325 e. The van der Waals surface area contributed by atoms with Gasteiger partial charge in [-0.25, -0.2) is 9.78 Å². The molecule has 3 amide bonds. The fraction of sp³-hybridized carbons (Fsp3) is 0.476. The van der Waals surface area contributed by atoms with Crippen molar-refractivity contribution in [2.75, 3.05) is 0 Å². The number of benzene rings is 1. The number of aromatic nitrogens is 1. The first kappa shape index (κ1) is 17.8. The van der Waals surface area contributed by atoms with E-state index in [4.69, 9.17) is 4.42 Å². The first-order chi connectivity index (χ1) is 12.9. The van der Waals surface area contributed by atoms with E-state index in [1.54, 1.807) is 0 Å². The van der Waals surface area contributed by atoms with Gasteiger partial charge in [-0.05, 0) is 44.2 Å². The minimum absolute atomic E-state index is 0.129. The number of nitrogens with one attached hydrogen (secondary N) is 1. The number of oxazole rings is 1. The van der Waals surface area contributed by atoms with Gasteiger partial charge in [0, 0.05) is 5.56 Å². The largest absolute Gasteiger partial charge is 0.444 e. The lowest BCUT2D eigenvalue weighted by Crippen LogP contribution is -2.53. The first-order valence-electron chi connectivity index (χ1n) is 9.57. The molecule has 27 heavy (non-hydrogen) atoms. The van der Waals surface area contributed by atoms with E-state index in [9.17, 15) is 9.59 Å². The monoisotopic (exact) mass is 367 g/mol. The molecule has 2 fully saturated rings. The van der Waals surface area contributed by atoms with Crippen molar-refractivity contribution >= 4 is 11.9 Å². The SMILES string of the molecule is Cc1ccc(-c2nc(CN3C(=O)NC4(CCCCC4C)C3=O)co2)c(C)c1. The molecule has 1 saturated carbocycles. The summed E-state index contributed by atoms with van der Waals surface area (Å²) in [6.45, 7) is 6.23. The molecule has 1 N–H and O–H groups in total. The zero-order chi connectivity index (χ0) is 19.2. The number of hydrogen-bond acceptors (Lipinski definition) is 4. The number of hydrogen-bond donors (Lipinski definition) is 1. The number of aryl methyl sites for hydroxylation is 2. The van der Waals surface area contributed by atoms with Crippen molar-refractivity contribution in [3.05, 3.63) is 41.3 Å². The second-order valence-corrected chi connectivity index (χ2v) is 7.90. The summed E-state index contributed by atoms with van der Waals surface area (Å²) in [6, 6.07) is 5.74. The average Bonchev–Trinajstić information content (AvgIpc) is 3.17. The minimum atomic E-state index is -0.741. The van der Waals surface area contributed by atoms with Gasteiger partial charge in [0.1, 0.15) is 11.8 Å². The summed E-state index contributed by atoms with van der Waals surface area (Å²) in [5.41, 5.74) is 3.01. The van der Waals surface area contributed by atoms with Crippen molar-refractivity contribution < 1.29 is 14.0 Å². The molecule has 1 saturated heterocycles. The second-order valence-electron chi connectivity index (χ2n) is 7.90. The number of nitrogens with zero attached hydrogens (tertiary/aromatic N) is 2. The topological polar surface area (TPSA) is 75.4 Å². The van der Waals surface area contributed by atoms with Gasteiger partial charge in [-0.2, -0.15) is 0 Å². The molecule has 1 aromatic carbocycles. The van der Waals surface area contributed by atoms with Crippen LogP contribution in [0.25, 0.3) is 11.5 Å². The lowest BCUT2D eigenvalue weighted by molar-refractivity contribution is -0.134. The number of urea groups is 1. The van der Waals surface area contributed by atoms with Gasteiger partial charge in [0.25, 0.3) is 5.91 Å². The highest BCUT2D eigenvalue weighted by Gasteiger charge is 2.54. The first-order valence-corrected chi connectivity index (χ1v) is 9.57. The molecule has 2 aromatic rings. The van der Waals surface area contributed by atoms with Gasteiger partial charge in [-0.3, -0.25) is 9.69 Å². The zero-order valence-electron chi connectivity index (χ0n) is 16.0. The van der Waals surface area contributed by atoms with Crippen LogP contribution in [0.15, 0.2) is 28.9 Å². The molecule has 6 heteroatoms. The Bertz CT molecular complexity index is 904. The maximum Gasteiger partial charge on any atom is 0.325 e. The Hall–Kier alpha value is -2.63. The van der Waals surface area contributed by atoms with Crippen molar-refractivity contribution in [1.82, 2.24) is 15.2 Å². The van der Waals surface area contributed by atoms with Crippen molar-refractivity contribution in [2.45, 2.75) is 58.5 Å². The molecule has 2 unspecified atom stereocenters. The van der Waals surface area contributed by atoms with Crippen LogP contribution in [0, 0.1) is 19.8 Å². The number of rotatable bonds is 3. The molecular formula is C21H25N3O3. The van der Waals surface area contributed by atoms with Crippen LogP contribution < -0.4 is 5.32 Å². The van der Waals surface area contributed by atoms with Crippen LogP contribution in [0.3, 0.4) is 0 Å². The number of carbonyl (C=O) groups excluding carboxylic acids is 2. The van der Waals surface area contributed by atoms with Gasteiger partial charge in [0.05, 0.1) is 12.2 Å². The van der Waals surface area contributed by atoms with Crippen LogP contribution in [0.4, 0.5) is 4.79 Å². The van der Waals surface area contributed by atoms with Gasteiger partial charge in [0.15, 0.2) is 0 Å². The molecule has 142 valence electrons. The Morgan fingerprint density at radius 1 is 1.30 bits per heavy atom. The Morgan fingerprint density at radius 2 is 2.11 bits per heavy atom. The van der Waals surface area contributed by atoms with Crippen LogP contribution in [0.1, 0.15) is 49.4 Å². The second kappa shape index (κ2) is 6.51. The van der Waals surface area contributed by atoms with Gasteiger partial charge < -0.3 is 9.73 Å².